The first-order valence-electron chi connectivity index (χ1n) is 25.2. The van der Waals surface area contributed by atoms with Gasteiger partial charge in [-0.25, -0.2) is 4.79 Å². The highest BCUT2D eigenvalue weighted by molar-refractivity contribution is 7.57. The molecule has 0 aromatic heterocycles. The molecule has 3 unspecified atom stereocenters. The van der Waals surface area contributed by atoms with Gasteiger partial charge in [-0.1, -0.05) is 71.1 Å². The summed E-state index contributed by atoms with van der Waals surface area (Å²) in [6, 6.07) is -1.16. The van der Waals surface area contributed by atoms with Gasteiger partial charge in [-0.05, 0) is 107 Å². The second-order valence-corrected chi connectivity index (χ2v) is 23.6. The van der Waals surface area contributed by atoms with E-state index in [0.717, 1.165) is 12.0 Å². The number of piperidine rings is 1. The maximum atomic E-state index is 14.5. The first kappa shape index (κ1) is 58.4. The molecule has 0 spiro atoms. The number of allylic oxidation sites excluding steroid dienone is 6. The van der Waals surface area contributed by atoms with Crippen LogP contribution in [0, 0.1) is 35.5 Å². The summed E-state index contributed by atoms with van der Waals surface area (Å²) < 4.78 is 48.2. The standard InChI is InChI=1S/C53H84NO14P/c1-32-18-14-13-15-19-33(2)44(63-8)30-40-23-21-38(7)53(61,67-40)50(58)51(59)54-25-17-16-20-41(54)52(60)66-45(35(4)28-39-22-24-43(46(29-39)64-9)68-69(11,12)62)31-42(55)34(3)27-37(6)48(57)49(65-10)47(56)36(5)26-32/h13-15,18-19,27,32,34-36,38-41,43-46,48-49,57,61H,16-17,20-26,28-31H2,1-12H3/b15-13+,18-14+,33-19+,37-27+/t32-,34-,35-,36-,38-,39+,40?,41?,43?,44+,45+,46-,48-,49+,53-/m1/s1. The summed E-state index contributed by atoms with van der Waals surface area (Å²) in [5, 5.41) is 23.5. The molecule has 15 atom stereocenters. The average Bonchev–Trinajstić information content (AvgIpc) is 3.30. The Bertz CT molecular complexity index is 1940. The number of carbonyl (C=O) groups excluding carboxylic acids is 5. The van der Waals surface area contributed by atoms with Gasteiger partial charge in [-0.2, -0.15) is 0 Å². The number of esters is 1. The highest BCUT2D eigenvalue weighted by Crippen LogP contribution is 2.45. The van der Waals surface area contributed by atoms with E-state index in [1.165, 1.54) is 12.0 Å². The fourth-order valence-electron chi connectivity index (χ4n) is 10.5. The minimum absolute atomic E-state index is 0.0117. The van der Waals surface area contributed by atoms with Gasteiger partial charge in [0.25, 0.3) is 11.7 Å². The minimum Gasteiger partial charge on any atom is -0.460 e. The van der Waals surface area contributed by atoms with Crippen LogP contribution >= 0.6 is 7.37 Å². The van der Waals surface area contributed by atoms with Gasteiger partial charge < -0.3 is 43.3 Å². The third-order valence-electron chi connectivity index (χ3n) is 14.8. The molecular formula is C53H84NO14P. The van der Waals surface area contributed by atoms with Crippen molar-refractivity contribution in [1.29, 1.82) is 0 Å². The van der Waals surface area contributed by atoms with Crippen molar-refractivity contribution < 1.29 is 67.0 Å². The molecule has 2 N–H and O–H groups in total. The summed E-state index contributed by atoms with van der Waals surface area (Å²) in [7, 11) is 1.76. The van der Waals surface area contributed by atoms with Gasteiger partial charge in [0.15, 0.2) is 13.2 Å². The molecule has 3 heterocycles. The lowest BCUT2D eigenvalue weighted by atomic mass is 9.78. The molecule has 4 rings (SSSR count). The smallest absolute Gasteiger partial charge is 0.329 e. The molecule has 2 bridgehead atoms. The summed E-state index contributed by atoms with van der Waals surface area (Å²) >= 11 is 0. The predicted molar refractivity (Wildman–Crippen MR) is 263 cm³/mol. The molecule has 15 nitrogen and oxygen atoms in total. The zero-order valence-corrected chi connectivity index (χ0v) is 44.3. The van der Waals surface area contributed by atoms with Crippen molar-refractivity contribution in [2.24, 2.45) is 35.5 Å². The van der Waals surface area contributed by atoms with E-state index in [0.29, 0.717) is 63.4 Å². The molecule has 69 heavy (non-hydrogen) atoms. The Morgan fingerprint density at radius 3 is 2.22 bits per heavy atom. The second-order valence-electron chi connectivity index (χ2n) is 20.9. The number of hydrogen-bond donors (Lipinski definition) is 2. The third kappa shape index (κ3) is 16.2. The molecule has 3 fully saturated rings. The van der Waals surface area contributed by atoms with Gasteiger partial charge in [-0.3, -0.25) is 23.7 Å². The lowest BCUT2D eigenvalue weighted by molar-refractivity contribution is -0.265. The van der Waals surface area contributed by atoms with E-state index in [1.54, 1.807) is 54.4 Å². The van der Waals surface area contributed by atoms with Crippen molar-refractivity contribution in [3.8, 4) is 0 Å². The molecular weight excluding hydrogens is 906 g/mol. The number of hydrogen-bond acceptors (Lipinski definition) is 14. The van der Waals surface area contributed by atoms with Crippen LogP contribution in [0.4, 0.5) is 0 Å². The highest BCUT2D eigenvalue weighted by Gasteiger charge is 2.53. The molecule has 16 heteroatoms. The van der Waals surface area contributed by atoms with Crippen molar-refractivity contribution in [3.05, 3.63) is 47.6 Å². The molecule has 390 valence electrons. The first-order chi connectivity index (χ1) is 32.4. The van der Waals surface area contributed by atoms with Crippen LogP contribution < -0.4 is 0 Å². The zero-order valence-electron chi connectivity index (χ0n) is 43.4. The van der Waals surface area contributed by atoms with Crippen LogP contribution in [0.2, 0.25) is 0 Å². The quantitative estimate of drug-likeness (QED) is 0.104. The van der Waals surface area contributed by atoms with Crippen molar-refractivity contribution in [2.75, 3.05) is 41.2 Å². The van der Waals surface area contributed by atoms with E-state index in [4.69, 9.17) is 28.2 Å². The average molecular weight is 990 g/mol. The number of amides is 1. The Kier molecular flexibility index (Phi) is 22.5. The van der Waals surface area contributed by atoms with Crippen LogP contribution in [-0.2, 0) is 56.7 Å². The lowest BCUT2D eigenvalue weighted by Crippen LogP contribution is -2.61. The molecule has 1 amide bonds. The van der Waals surface area contributed by atoms with Gasteiger partial charge >= 0.3 is 5.97 Å². The Morgan fingerprint density at radius 2 is 1.57 bits per heavy atom. The number of carbonyl (C=O) groups is 5. The Hall–Kier alpha value is -3.14. The topological polar surface area (TPSA) is 201 Å². The summed E-state index contributed by atoms with van der Waals surface area (Å²) in [6.07, 6.45) is 11.4. The van der Waals surface area contributed by atoms with E-state index in [-0.39, 0.29) is 60.9 Å². The number of aliphatic hydroxyl groups excluding tert-OH is 1. The summed E-state index contributed by atoms with van der Waals surface area (Å²) in [4.78, 5) is 72.2. The monoisotopic (exact) mass is 990 g/mol. The summed E-state index contributed by atoms with van der Waals surface area (Å²) in [6.45, 7) is 15.9. The van der Waals surface area contributed by atoms with Crippen LogP contribution in [-0.4, -0.2) is 140 Å². The number of Topliss-reactive ketones (excluding diaryl/α,β-unsaturated/α-hetero) is 3. The molecule has 1 aliphatic carbocycles. The first-order valence-corrected chi connectivity index (χ1v) is 27.7. The normalized spacial score (nSPS) is 39.0. The number of fused-ring (bicyclic) bond motifs is 3. The Morgan fingerprint density at radius 1 is 0.855 bits per heavy atom. The number of aliphatic hydroxyl groups is 2. The molecule has 1 saturated carbocycles. The number of methoxy groups -OCH3 is 3. The largest absolute Gasteiger partial charge is 0.460 e. The van der Waals surface area contributed by atoms with Gasteiger partial charge in [0.05, 0.1) is 24.4 Å². The van der Waals surface area contributed by atoms with Gasteiger partial charge in [-0.15, -0.1) is 0 Å². The summed E-state index contributed by atoms with van der Waals surface area (Å²) in [5.74, 6) is -8.11. The van der Waals surface area contributed by atoms with Gasteiger partial charge in [0.2, 0.25) is 5.79 Å². The molecule has 0 aromatic carbocycles. The maximum Gasteiger partial charge on any atom is 0.329 e. The van der Waals surface area contributed by atoms with Crippen molar-refractivity contribution in [1.82, 2.24) is 4.90 Å². The number of ether oxygens (including phenoxy) is 5. The van der Waals surface area contributed by atoms with Crippen LogP contribution in [0.3, 0.4) is 0 Å². The molecule has 0 radical (unpaired) electrons. The minimum atomic E-state index is -2.79. The van der Waals surface area contributed by atoms with Crippen molar-refractivity contribution >= 4 is 36.6 Å². The zero-order chi connectivity index (χ0) is 51.4. The van der Waals surface area contributed by atoms with E-state index in [2.05, 4.69) is 0 Å². The summed E-state index contributed by atoms with van der Waals surface area (Å²) in [5.41, 5.74) is 1.25. The van der Waals surface area contributed by atoms with Crippen molar-refractivity contribution in [2.45, 2.75) is 180 Å². The Labute approximate surface area is 411 Å². The number of nitrogens with zero attached hydrogens (tertiary/aromatic N) is 1. The van der Waals surface area contributed by atoms with Crippen LogP contribution in [0.1, 0.15) is 126 Å². The Balaban J connectivity index is 1.70. The fraction of sp³-hybridized carbons (Fsp3) is 0.755. The van der Waals surface area contributed by atoms with Gasteiger partial charge in [0.1, 0.15) is 30.1 Å². The number of rotatable bonds is 8. The van der Waals surface area contributed by atoms with E-state index in [9.17, 15) is 38.8 Å². The van der Waals surface area contributed by atoms with Crippen LogP contribution in [0.25, 0.3) is 0 Å². The van der Waals surface area contributed by atoms with Gasteiger partial charge in [0, 0.05) is 71.8 Å². The lowest BCUT2D eigenvalue weighted by Gasteiger charge is -2.42. The maximum absolute atomic E-state index is 14.5. The fourth-order valence-corrected chi connectivity index (χ4v) is 11.4. The number of cyclic esters (lactones) is 1. The SMILES string of the molecule is CO[C@H]1CC2CC[C@@H](C)[C@@](O)(O2)C(=O)C(=O)N2CCCCC2C(=O)O[C@H]([C@H](C)C[C@@H]2CCC(OP(C)(C)=O)[C@H](OC)C2)CC(=O)[C@H](C)/C=C(\C)[C@@H](O)[C@@H](OC)C(=O)[C@H](C)C[C@H](C)/C=C/C=C/C=C/1C. The highest BCUT2D eigenvalue weighted by atomic mass is 31.2. The second kappa shape index (κ2) is 26.5. The van der Waals surface area contributed by atoms with E-state index < -0.39 is 85.1 Å². The third-order valence-corrected chi connectivity index (χ3v) is 15.6. The molecule has 0 aromatic rings. The molecule has 3 aliphatic heterocycles. The molecule has 2 saturated heterocycles. The van der Waals surface area contributed by atoms with Crippen molar-refractivity contribution in [3.63, 3.8) is 0 Å². The van der Waals surface area contributed by atoms with Crippen LogP contribution in [0.15, 0.2) is 47.6 Å². The van der Waals surface area contributed by atoms with E-state index in [1.807, 2.05) is 58.1 Å². The van der Waals surface area contributed by atoms with Crippen LogP contribution in [0.5, 0.6) is 0 Å². The predicted octanol–water partition coefficient (Wildman–Crippen LogP) is 7.74. The molecule has 4 aliphatic rings. The number of ketones is 3. The van der Waals surface area contributed by atoms with E-state index >= 15 is 0 Å².